The van der Waals surface area contributed by atoms with Gasteiger partial charge in [-0.15, -0.1) is 0 Å². The van der Waals surface area contributed by atoms with Gasteiger partial charge in [-0.3, -0.25) is 4.72 Å². The van der Waals surface area contributed by atoms with Crippen LogP contribution in [0.25, 0.3) is 0 Å². The highest BCUT2D eigenvalue weighted by atomic mass is 32.2. The van der Waals surface area contributed by atoms with Gasteiger partial charge in [-0.05, 0) is 61.1 Å². The second kappa shape index (κ2) is 8.91. The first-order valence-electron chi connectivity index (χ1n) is 9.82. The Morgan fingerprint density at radius 1 is 1.10 bits per heavy atom. The third kappa shape index (κ3) is 4.95. The van der Waals surface area contributed by atoms with E-state index in [0.29, 0.717) is 17.2 Å². The van der Waals surface area contributed by atoms with E-state index < -0.39 is 10.0 Å². The SMILES string of the molecule is CCS(=O)(=O)Nc1ccc(C2=NN(C(=S)Nc3ccccc3)[C@@H](c3ccco3)C2)cc1. The first kappa shape index (κ1) is 21.1. The number of hydrogen-bond donors (Lipinski definition) is 2. The molecule has 31 heavy (non-hydrogen) atoms. The molecule has 9 heteroatoms. The number of nitrogens with zero attached hydrogens (tertiary/aromatic N) is 2. The lowest BCUT2D eigenvalue weighted by Gasteiger charge is -2.23. The summed E-state index contributed by atoms with van der Waals surface area (Å²) in [6.45, 7) is 1.60. The van der Waals surface area contributed by atoms with Crippen molar-refractivity contribution in [3.8, 4) is 0 Å². The second-order valence-corrected chi connectivity index (χ2v) is 9.40. The summed E-state index contributed by atoms with van der Waals surface area (Å²) < 4.78 is 31.7. The van der Waals surface area contributed by atoms with Crippen molar-refractivity contribution in [3.05, 3.63) is 84.3 Å². The quantitative estimate of drug-likeness (QED) is 0.530. The molecule has 1 aliphatic rings. The Kier molecular flexibility index (Phi) is 6.06. The summed E-state index contributed by atoms with van der Waals surface area (Å²) in [7, 11) is -3.32. The average molecular weight is 455 g/mol. The molecular weight excluding hydrogens is 432 g/mol. The number of thiocarbonyl (C=S) groups is 1. The van der Waals surface area contributed by atoms with Crippen molar-refractivity contribution >= 4 is 44.4 Å². The van der Waals surface area contributed by atoms with Crippen molar-refractivity contribution in [3.63, 3.8) is 0 Å². The molecule has 2 aromatic carbocycles. The van der Waals surface area contributed by atoms with Gasteiger partial charge in [0.1, 0.15) is 11.8 Å². The van der Waals surface area contributed by atoms with Crippen LogP contribution in [0.4, 0.5) is 11.4 Å². The lowest BCUT2D eigenvalue weighted by Crippen LogP contribution is -2.30. The Balaban J connectivity index is 1.58. The molecule has 4 rings (SSSR count). The molecule has 2 N–H and O–H groups in total. The Labute approximate surface area is 186 Å². The summed E-state index contributed by atoms with van der Waals surface area (Å²) >= 11 is 5.63. The maximum absolute atomic E-state index is 11.8. The summed E-state index contributed by atoms with van der Waals surface area (Å²) in [5.41, 5.74) is 3.12. The average Bonchev–Trinajstić information content (AvgIpc) is 3.45. The van der Waals surface area contributed by atoms with E-state index in [1.807, 2.05) is 54.6 Å². The molecule has 0 fully saturated rings. The van der Waals surface area contributed by atoms with Gasteiger partial charge in [0.2, 0.25) is 10.0 Å². The maximum atomic E-state index is 11.8. The fraction of sp³-hybridized carbons (Fsp3) is 0.182. The van der Waals surface area contributed by atoms with Gasteiger partial charge in [0.05, 0.1) is 17.7 Å². The van der Waals surface area contributed by atoms with E-state index in [0.717, 1.165) is 22.7 Å². The number of benzene rings is 2. The minimum atomic E-state index is -3.32. The first-order chi connectivity index (χ1) is 14.9. The van der Waals surface area contributed by atoms with Gasteiger partial charge in [0.15, 0.2) is 5.11 Å². The Morgan fingerprint density at radius 3 is 2.48 bits per heavy atom. The highest BCUT2D eigenvalue weighted by Gasteiger charge is 2.33. The van der Waals surface area contributed by atoms with E-state index in [4.69, 9.17) is 21.7 Å². The van der Waals surface area contributed by atoms with Crippen molar-refractivity contribution in [1.82, 2.24) is 5.01 Å². The summed E-state index contributed by atoms with van der Waals surface area (Å²) in [6, 6.07) is 20.4. The van der Waals surface area contributed by atoms with Gasteiger partial charge in [-0.1, -0.05) is 30.3 Å². The van der Waals surface area contributed by atoms with Crippen LogP contribution in [0.1, 0.15) is 30.7 Å². The van der Waals surface area contributed by atoms with Crippen LogP contribution in [0, 0.1) is 0 Å². The molecule has 0 unspecified atom stereocenters. The van der Waals surface area contributed by atoms with Crippen molar-refractivity contribution < 1.29 is 12.8 Å². The molecule has 2 heterocycles. The second-order valence-electron chi connectivity index (χ2n) is 7.01. The van der Waals surface area contributed by atoms with Gasteiger partial charge in [-0.2, -0.15) is 5.10 Å². The number of nitrogens with one attached hydrogen (secondary N) is 2. The molecule has 0 radical (unpaired) electrons. The Morgan fingerprint density at radius 2 is 1.84 bits per heavy atom. The van der Waals surface area contributed by atoms with Crippen molar-refractivity contribution in [1.29, 1.82) is 0 Å². The Hall–Kier alpha value is -3.17. The molecule has 0 amide bonds. The predicted molar refractivity (Wildman–Crippen MR) is 127 cm³/mol. The van der Waals surface area contributed by atoms with Crippen LogP contribution in [-0.2, 0) is 10.0 Å². The largest absolute Gasteiger partial charge is 0.467 e. The molecular formula is C22H22N4O3S2. The summed E-state index contributed by atoms with van der Waals surface area (Å²) in [4.78, 5) is 0. The zero-order valence-corrected chi connectivity index (χ0v) is 18.5. The molecule has 0 spiro atoms. The molecule has 0 aliphatic carbocycles. The number of hydrogen-bond acceptors (Lipinski definition) is 5. The molecule has 7 nitrogen and oxygen atoms in total. The van der Waals surface area contributed by atoms with Gasteiger partial charge >= 0.3 is 0 Å². The minimum Gasteiger partial charge on any atom is -0.467 e. The summed E-state index contributed by atoms with van der Waals surface area (Å²) in [6.07, 6.45) is 2.23. The first-order valence-corrected chi connectivity index (χ1v) is 11.9. The highest BCUT2D eigenvalue weighted by molar-refractivity contribution is 7.92. The number of sulfonamides is 1. The monoisotopic (exact) mass is 454 g/mol. The standard InChI is InChI=1S/C22H22N4O3S2/c1-2-31(27,28)25-18-12-10-16(11-13-18)19-15-20(21-9-6-14-29-21)26(24-19)22(30)23-17-7-4-3-5-8-17/h3-14,20,25H,2,15H2,1H3,(H,23,30)/t20-/m1/s1. The van der Waals surface area contributed by atoms with Crippen LogP contribution in [0.3, 0.4) is 0 Å². The van der Waals surface area contributed by atoms with Crippen LogP contribution in [0.15, 0.2) is 82.5 Å². The summed E-state index contributed by atoms with van der Waals surface area (Å²) in [5, 5.41) is 10.2. The molecule has 3 aromatic rings. The van der Waals surface area contributed by atoms with Crippen LogP contribution in [-0.4, -0.2) is 30.0 Å². The van der Waals surface area contributed by atoms with Crippen molar-refractivity contribution in [2.75, 3.05) is 15.8 Å². The Bertz CT molecular complexity index is 1180. The summed E-state index contributed by atoms with van der Waals surface area (Å²) in [5.74, 6) is 0.788. The predicted octanol–water partition coefficient (Wildman–Crippen LogP) is 4.59. The van der Waals surface area contributed by atoms with Crippen LogP contribution < -0.4 is 10.0 Å². The van der Waals surface area contributed by atoms with Gasteiger partial charge in [0.25, 0.3) is 0 Å². The molecule has 160 valence electrons. The van der Waals surface area contributed by atoms with Crippen LogP contribution in [0.2, 0.25) is 0 Å². The van der Waals surface area contributed by atoms with Gasteiger partial charge < -0.3 is 9.73 Å². The number of para-hydroxylation sites is 1. The molecule has 1 atom stereocenters. The fourth-order valence-electron chi connectivity index (χ4n) is 3.26. The molecule has 0 saturated carbocycles. The third-order valence-electron chi connectivity index (χ3n) is 4.89. The number of rotatable bonds is 6. The highest BCUT2D eigenvalue weighted by Crippen LogP contribution is 2.33. The molecule has 1 aliphatic heterocycles. The van der Waals surface area contributed by atoms with Gasteiger partial charge in [-0.25, -0.2) is 13.4 Å². The van der Waals surface area contributed by atoms with E-state index in [-0.39, 0.29) is 11.8 Å². The van der Waals surface area contributed by atoms with E-state index in [2.05, 4.69) is 10.0 Å². The number of furan rings is 1. The fourth-order valence-corrected chi connectivity index (χ4v) is 4.18. The number of hydrazone groups is 1. The molecule has 0 bridgehead atoms. The zero-order chi connectivity index (χ0) is 21.8. The lowest BCUT2D eigenvalue weighted by molar-refractivity contribution is 0.318. The molecule has 0 saturated heterocycles. The van der Waals surface area contributed by atoms with Gasteiger partial charge in [0, 0.05) is 17.8 Å². The zero-order valence-electron chi connectivity index (χ0n) is 16.9. The van der Waals surface area contributed by atoms with E-state index in [1.165, 1.54) is 0 Å². The van der Waals surface area contributed by atoms with E-state index in [9.17, 15) is 8.42 Å². The molecule has 1 aromatic heterocycles. The van der Waals surface area contributed by atoms with E-state index >= 15 is 0 Å². The van der Waals surface area contributed by atoms with E-state index in [1.54, 1.807) is 30.3 Å². The topological polar surface area (TPSA) is 86.9 Å². The minimum absolute atomic E-state index is 0.0209. The van der Waals surface area contributed by atoms with Crippen LogP contribution >= 0.6 is 12.2 Å². The number of anilines is 2. The third-order valence-corrected chi connectivity index (χ3v) is 6.48. The normalized spacial score (nSPS) is 16.1. The lowest BCUT2D eigenvalue weighted by atomic mass is 10.0. The maximum Gasteiger partial charge on any atom is 0.232 e. The van der Waals surface area contributed by atoms with Crippen molar-refractivity contribution in [2.45, 2.75) is 19.4 Å². The smallest absolute Gasteiger partial charge is 0.232 e. The van der Waals surface area contributed by atoms with Crippen LogP contribution in [0.5, 0.6) is 0 Å². The van der Waals surface area contributed by atoms with Crippen molar-refractivity contribution in [2.24, 2.45) is 5.10 Å².